The van der Waals surface area contributed by atoms with Gasteiger partial charge in [-0.1, -0.05) is 23.7 Å². The van der Waals surface area contributed by atoms with Crippen LogP contribution in [0.15, 0.2) is 35.2 Å². The standard InChI is InChI=1S/C20H26ClN5O2S/c1-16-22-19(24-9-5-2-6-10-24)15-20(23-16)25-11-13-26(14-12-25)29(27,28)18-8-4-3-7-17(18)21/h3-4,7-8,15H,2,5-6,9-14H2,1H3. The molecule has 0 atom stereocenters. The second-order valence-electron chi connectivity index (χ2n) is 7.50. The SMILES string of the molecule is Cc1nc(N2CCCCC2)cc(N2CCN(S(=O)(=O)c3ccccc3Cl)CC2)n1. The first-order chi connectivity index (χ1) is 13.9. The molecule has 4 rings (SSSR count). The minimum absolute atomic E-state index is 0.167. The minimum atomic E-state index is -3.60. The van der Waals surface area contributed by atoms with Gasteiger partial charge in [0.2, 0.25) is 10.0 Å². The zero-order chi connectivity index (χ0) is 20.4. The molecule has 1 aromatic heterocycles. The van der Waals surface area contributed by atoms with Gasteiger partial charge in [-0.05, 0) is 38.3 Å². The number of hydrogen-bond acceptors (Lipinski definition) is 6. The lowest BCUT2D eigenvalue weighted by atomic mass is 10.1. The second kappa shape index (κ2) is 8.45. The van der Waals surface area contributed by atoms with E-state index in [0.29, 0.717) is 26.2 Å². The maximum absolute atomic E-state index is 13.0. The maximum Gasteiger partial charge on any atom is 0.244 e. The Hall–Kier alpha value is -1.90. The van der Waals surface area contributed by atoms with Crippen LogP contribution in [0.25, 0.3) is 0 Å². The summed E-state index contributed by atoms with van der Waals surface area (Å²) in [6, 6.07) is 8.63. The summed E-state index contributed by atoms with van der Waals surface area (Å²) < 4.78 is 27.4. The molecule has 0 aliphatic carbocycles. The quantitative estimate of drug-likeness (QED) is 0.735. The van der Waals surface area contributed by atoms with E-state index in [0.717, 1.165) is 30.5 Å². The lowest BCUT2D eigenvalue weighted by molar-refractivity contribution is 0.383. The van der Waals surface area contributed by atoms with E-state index in [2.05, 4.69) is 19.8 Å². The van der Waals surface area contributed by atoms with Crippen LogP contribution in [-0.4, -0.2) is 62.0 Å². The minimum Gasteiger partial charge on any atom is -0.356 e. The molecule has 29 heavy (non-hydrogen) atoms. The van der Waals surface area contributed by atoms with E-state index in [1.54, 1.807) is 24.3 Å². The monoisotopic (exact) mass is 435 g/mol. The van der Waals surface area contributed by atoms with Gasteiger partial charge in [0, 0.05) is 45.3 Å². The van der Waals surface area contributed by atoms with Crippen LogP contribution >= 0.6 is 11.6 Å². The fourth-order valence-corrected chi connectivity index (χ4v) is 5.85. The number of aromatic nitrogens is 2. The lowest BCUT2D eigenvalue weighted by Crippen LogP contribution is -2.49. The van der Waals surface area contributed by atoms with E-state index in [1.165, 1.54) is 23.6 Å². The van der Waals surface area contributed by atoms with Crippen LogP contribution in [0.3, 0.4) is 0 Å². The van der Waals surface area contributed by atoms with Crippen LogP contribution in [0.4, 0.5) is 11.6 Å². The normalized spacial score (nSPS) is 18.8. The molecular formula is C20H26ClN5O2S. The molecule has 0 spiro atoms. The Morgan fingerprint density at radius 2 is 1.45 bits per heavy atom. The Kier molecular flexibility index (Phi) is 5.94. The number of piperidine rings is 1. The van der Waals surface area contributed by atoms with Crippen molar-refractivity contribution in [2.45, 2.75) is 31.1 Å². The molecule has 2 aliphatic heterocycles. The maximum atomic E-state index is 13.0. The highest BCUT2D eigenvalue weighted by atomic mass is 35.5. The molecule has 7 nitrogen and oxygen atoms in total. The van der Waals surface area contributed by atoms with E-state index >= 15 is 0 Å². The molecule has 9 heteroatoms. The number of piperazine rings is 1. The molecular weight excluding hydrogens is 410 g/mol. The average Bonchev–Trinajstić information content (AvgIpc) is 2.74. The Morgan fingerprint density at radius 3 is 2.07 bits per heavy atom. The highest BCUT2D eigenvalue weighted by Crippen LogP contribution is 2.27. The summed E-state index contributed by atoms with van der Waals surface area (Å²) in [6.07, 6.45) is 3.66. The fourth-order valence-electron chi connectivity index (χ4n) is 3.93. The van der Waals surface area contributed by atoms with Crippen LogP contribution in [0.2, 0.25) is 5.02 Å². The van der Waals surface area contributed by atoms with Crippen molar-refractivity contribution < 1.29 is 8.42 Å². The predicted octanol–water partition coefficient (Wildman–Crippen LogP) is 2.94. The zero-order valence-corrected chi connectivity index (χ0v) is 18.2. The zero-order valence-electron chi connectivity index (χ0n) is 16.6. The number of aryl methyl sites for hydroxylation is 1. The van der Waals surface area contributed by atoms with Crippen molar-refractivity contribution in [1.82, 2.24) is 14.3 Å². The first-order valence-corrected chi connectivity index (χ1v) is 11.9. The third-order valence-corrected chi connectivity index (χ3v) is 7.91. The van der Waals surface area contributed by atoms with Gasteiger partial charge in [0.05, 0.1) is 5.02 Å². The van der Waals surface area contributed by atoms with Gasteiger partial charge in [0.25, 0.3) is 0 Å². The third-order valence-electron chi connectivity index (χ3n) is 5.51. The van der Waals surface area contributed by atoms with E-state index < -0.39 is 10.0 Å². The molecule has 1 aromatic carbocycles. The molecule has 0 unspecified atom stereocenters. The molecule has 0 bridgehead atoms. The molecule has 0 amide bonds. The van der Waals surface area contributed by atoms with Gasteiger partial charge in [-0.3, -0.25) is 0 Å². The van der Waals surface area contributed by atoms with Crippen LogP contribution in [-0.2, 0) is 10.0 Å². The number of halogens is 1. The molecule has 0 saturated carbocycles. The van der Waals surface area contributed by atoms with Crippen molar-refractivity contribution in [1.29, 1.82) is 0 Å². The van der Waals surface area contributed by atoms with E-state index in [9.17, 15) is 8.42 Å². The summed E-state index contributed by atoms with van der Waals surface area (Å²) >= 11 is 6.12. The van der Waals surface area contributed by atoms with Crippen molar-refractivity contribution in [3.8, 4) is 0 Å². The summed E-state index contributed by atoms with van der Waals surface area (Å²) in [5, 5.41) is 0.257. The Balaban J connectivity index is 1.48. The largest absolute Gasteiger partial charge is 0.356 e. The summed E-state index contributed by atoms with van der Waals surface area (Å²) in [4.78, 5) is 13.9. The van der Waals surface area contributed by atoms with Gasteiger partial charge in [-0.15, -0.1) is 0 Å². The van der Waals surface area contributed by atoms with E-state index in [1.807, 2.05) is 13.0 Å². The lowest BCUT2D eigenvalue weighted by Gasteiger charge is -2.35. The van der Waals surface area contributed by atoms with Gasteiger partial charge in [0.15, 0.2) is 0 Å². The van der Waals surface area contributed by atoms with E-state index in [4.69, 9.17) is 11.6 Å². The summed E-state index contributed by atoms with van der Waals surface area (Å²) in [5.74, 6) is 2.58. The summed E-state index contributed by atoms with van der Waals surface area (Å²) in [7, 11) is -3.60. The first kappa shape index (κ1) is 20.4. The van der Waals surface area contributed by atoms with Gasteiger partial charge in [-0.25, -0.2) is 18.4 Å². The Labute approximate surface area is 177 Å². The average molecular weight is 436 g/mol. The third kappa shape index (κ3) is 4.34. The molecule has 156 valence electrons. The number of benzene rings is 1. The molecule has 3 heterocycles. The van der Waals surface area contributed by atoms with Crippen molar-refractivity contribution in [2.24, 2.45) is 0 Å². The fraction of sp³-hybridized carbons (Fsp3) is 0.500. The smallest absolute Gasteiger partial charge is 0.244 e. The Bertz CT molecular complexity index is 971. The second-order valence-corrected chi connectivity index (χ2v) is 9.81. The van der Waals surface area contributed by atoms with Gasteiger partial charge in [0.1, 0.15) is 22.4 Å². The Morgan fingerprint density at radius 1 is 0.862 bits per heavy atom. The number of anilines is 2. The molecule has 0 radical (unpaired) electrons. The summed E-state index contributed by atoms with van der Waals surface area (Å²) in [6.45, 7) is 5.93. The highest BCUT2D eigenvalue weighted by molar-refractivity contribution is 7.89. The molecule has 2 aromatic rings. The van der Waals surface area contributed by atoms with Gasteiger partial charge >= 0.3 is 0 Å². The first-order valence-electron chi connectivity index (χ1n) is 10.1. The number of hydrogen-bond donors (Lipinski definition) is 0. The topological polar surface area (TPSA) is 69.6 Å². The predicted molar refractivity (Wildman–Crippen MR) is 115 cm³/mol. The number of nitrogens with zero attached hydrogens (tertiary/aromatic N) is 5. The number of rotatable bonds is 4. The van der Waals surface area contributed by atoms with Gasteiger partial charge < -0.3 is 9.80 Å². The van der Waals surface area contributed by atoms with E-state index in [-0.39, 0.29) is 9.92 Å². The van der Waals surface area contributed by atoms with Crippen molar-refractivity contribution in [2.75, 3.05) is 49.1 Å². The van der Waals surface area contributed by atoms with Crippen LogP contribution in [0, 0.1) is 6.92 Å². The highest BCUT2D eigenvalue weighted by Gasteiger charge is 2.30. The van der Waals surface area contributed by atoms with Crippen LogP contribution in [0.5, 0.6) is 0 Å². The van der Waals surface area contributed by atoms with Crippen molar-refractivity contribution >= 4 is 33.3 Å². The molecule has 2 saturated heterocycles. The molecule has 2 fully saturated rings. The van der Waals surface area contributed by atoms with Crippen molar-refractivity contribution in [3.63, 3.8) is 0 Å². The van der Waals surface area contributed by atoms with Crippen molar-refractivity contribution in [3.05, 3.63) is 41.2 Å². The molecule has 2 aliphatic rings. The molecule has 0 N–H and O–H groups in total. The van der Waals surface area contributed by atoms with Gasteiger partial charge in [-0.2, -0.15) is 4.31 Å². The van der Waals surface area contributed by atoms with Crippen LogP contribution in [0.1, 0.15) is 25.1 Å². The number of sulfonamides is 1. The van der Waals surface area contributed by atoms with Crippen LogP contribution < -0.4 is 9.80 Å². The summed E-state index contributed by atoms with van der Waals surface area (Å²) in [5.41, 5.74) is 0.